The molecule has 0 aliphatic rings. The van der Waals surface area contributed by atoms with Crippen LogP contribution in [-0.4, -0.2) is 78.6 Å². The smallest absolute Gasteiger partial charge is 0.460 e. The zero-order valence-corrected chi connectivity index (χ0v) is 20.2. The summed E-state index contributed by atoms with van der Waals surface area (Å²) in [4.78, 5) is 23.6. The van der Waals surface area contributed by atoms with Crippen molar-refractivity contribution in [3.8, 4) is 5.75 Å². The summed E-state index contributed by atoms with van der Waals surface area (Å²) in [5.41, 5.74) is 0.685. The molecule has 1 aromatic carbocycles. The van der Waals surface area contributed by atoms with Gasteiger partial charge in [-0.15, -0.1) is 0 Å². The maximum absolute atomic E-state index is 13.6. The Balaban J connectivity index is 2.82. The van der Waals surface area contributed by atoms with Crippen LogP contribution in [0.3, 0.4) is 0 Å². The minimum atomic E-state index is -7.10. The number of aryl methyl sites for hydroxylation is 1. The van der Waals surface area contributed by atoms with Crippen molar-refractivity contribution in [2.75, 3.05) is 26.3 Å². The molecule has 0 aromatic heterocycles. The van der Waals surface area contributed by atoms with Crippen molar-refractivity contribution in [2.24, 2.45) is 0 Å². The van der Waals surface area contributed by atoms with E-state index in [2.05, 4.69) is 4.74 Å². The van der Waals surface area contributed by atoms with Gasteiger partial charge >= 0.3 is 36.2 Å². The van der Waals surface area contributed by atoms with Crippen LogP contribution < -0.4 is 4.74 Å². The number of nitrogens with zero attached hydrogens (tertiary/aromatic N) is 1. The van der Waals surface area contributed by atoms with E-state index in [0.29, 0.717) is 16.9 Å². The summed E-state index contributed by atoms with van der Waals surface area (Å²) in [6.45, 7) is -0.0930. The highest BCUT2D eigenvalue weighted by Crippen LogP contribution is 2.53. The maximum atomic E-state index is 13.6. The zero-order valence-electron chi connectivity index (χ0n) is 20.2. The molecule has 0 saturated heterocycles. The molecule has 1 atom stereocenters. The molecule has 1 rings (SSSR count). The number of hydrogen-bond donors (Lipinski definition) is 1. The number of benzene rings is 1. The third-order valence-electron chi connectivity index (χ3n) is 5.08. The monoisotopic (exact) mass is 571 g/mol. The van der Waals surface area contributed by atoms with Gasteiger partial charge in [0.1, 0.15) is 18.5 Å². The third kappa shape index (κ3) is 8.84. The lowest BCUT2D eigenvalue weighted by Gasteiger charge is -2.33. The van der Waals surface area contributed by atoms with Gasteiger partial charge in [0.2, 0.25) is 0 Å². The average molecular weight is 571 g/mol. The highest BCUT2D eigenvalue weighted by atomic mass is 19.4. The van der Waals surface area contributed by atoms with Crippen LogP contribution in [0.2, 0.25) is 0 Å². The number of halogens is 9. The molecule has 0 heterocycles. The van der Waals surface area contributed by atoms with Crippen molar-refractivity contribution in [3.05, 3.63) is 29.8 Å². The van der Waals surface area contributed by atoms with Crippen molar-refractivity contribution in [1.82, 2.24) is 4.90 Å². The number of carboxylic acids is 1. The lowest BCUT2D eigenvalue weighted by molar-refractivity contribution is -0.443. The van der Waals surface area contributed by atoms with E-state index in [0.717, 1.165) is 0 Å². The van der Waals surface area contributed by atoms with Crippen molar-refractivity contribution < 1.29 is 68.4 Å². The van der Waals surface area contributed by atoms with Gasteiger partial charge in [0, 0.05) is 13.0 Å². The minimum absolute atomic E-state index is 0.103. The van der Waals surface area contributed by atoms with E-state index in [1.807, 2.05) is 0 Å². The molecule has 16 heteroatoms. The van der Waals surface area contributed by atoms with Gasteiger partial charge in [0.25, 0.3) is 0 Å². The van der Waals surface area contributed by atoms with Gasteiger partial charge in [0.05, 0.1) is 13.2 Å². The van der Waals surface area contributed by atoms with Crippen molar-refractivity contribution in [3.63, 3.8) is 0 Å². The molecule has 0 aliphatic heterocycles. The van der Waals surface area contributed by atoms with Gasteiger partial charge in [-0.2, -0.15) is 39.5 Å². The Hall–Kier alpha value is -2.91. The Kier molecular flexibility index (Phi) is 11.5. The van der Waals surface area contributed by atoms with Gasteiger partial charge in [-0.3, -0.25) is 4.79 Å². The van der Waals surface area contributed by atoms with E-state index in [1.165, 1.54) is 19.1 Å². The maximum Gasteiger partial charge on any atom is 0.460 e. The first-order valence-electron chi connectivity index (χ1n) is 11.1. The number of carbonyl (C=O) groups excluding carboxylic acids is 1. The van der Waals surface area contributed by atoms with E-state index < -0.39 is 62.0 Å². The Morgan fingerprint density at radius 3 is 1.97 bits per heavy atom. The van der Waals surface area contributed by atoms with Crippen LogP contribution in [0.1, 0.15) is 32.3 Å². The van der Waals surface area contributed by atoms with Crippen LogP contribution in [0, 0.1) is 0 Å². The van der Waals surface area contributed by atoms with E-state index in [9.17, 15) is 49.1 Å². The SMILES string of the molecule is CCC(C)OC(=O)N(CCOc1ccc(CCC(=O)O)cc1)CCOC(F)(F)C(F)(F)C(F)(F)C(F)(F)F. The van der Waals surface area contributed by atoms with Gasteiger partial charge in [0.15, 0.2) is 0 Å². The molecule has 0 spiro atoms. The Morgan fingerprint density at radius 2 is 1.47 bits per heavy atom. The number of carbonyl (C=O) groups is 2. The number of aliphatic carboxylic acids is 1. The summed E-state index contributed by atoms with van der Waals surface area (Å²) in [5, 5.41) is 8.69. The fraction of sp³-hybridized carbons (Fsp3) is 0.636. The van der Waals surface area contributed by atoms with Gasteiger partial charge in [-0.1, -0.05) is 19.1 Å². The molecule has 218 valence electrons. The number of hydrogen-bond acceptors (Lipinski definition) is 5. The molecule has 0 aliphatic carbocycles. The predicted molar refractivity (Wildman–Crippen MR) is 113 cm³/mol. The van der Waals surface area contributed by atoms with Crippen molar-refractivity contribution in [1.29, 1.82) is 0 Å². The largest absolute Gasteiger partial charge is 0.492 e. The third-order valence-corrected chi connectivity index (χ3v) is 5.08. The topological polar surface area (TPSA) is 85.3 Å². The number of ether oxygens (including phenoxy) is 3. The second-order valence-corrected chi connectivity index (χ2v) is 7.99. The molecule has 1 aromatic rings. The number of carboxylic acid groups (broad SMARTS) is 1. The Bertz CT molecular complexity index is 910. The molecular formula is C22H26F9NO6. The standard InChI is InChI=1S/C22H26F9NO6/c1-3-14(2)38-18(35)32(10-12-36-16-7-4-15(5-8-16)6-9-17(33)34)11-13-37-22(30,31)20(25,26)19(23,24)21(27,28)29/h4-5,7-8,14H,3,6,9-13H2,1-2H3,(H,33,34). The number of amides is 1. The zero-order chi connectivity index (χ0) is 29.4. The summed E-state index contributed by atoms with van der Waals surface area (Å²) in [5.74, 6) is -14.8. The Morgan fingerprint density at radius 1 is 0.921 bits per heavy atom. The van der Waals surface area contributed by atoms with Crippen LogP contribution >= 0.6 is 0 Å². The van der Waals surface area contributed by atoms with E-state index in [4.69, 9.17) is 14.6 Å². The predicted octanol–water partition coefficient (Wildman–Crippen LogP) is 5.76. The molecule has 0 bridgehead atoms. The molecule has 1 unspecified atom stereocenters. The highest BCUT2D eigenvalue weighted by molar-refractivity contribution is 5.68. The van der Waals surface area contributed by atoms with Crippen molar-refractivity contribution >= 4 is 12.1 Å². The molecule has 0 saturated carbocycles. The quantitative estimate of drug-likeness (QED) is 0.270. The van der Waals surface area contributed by atoms with Crippen molar-refractivity contribution in [2.45, 2.75) is 63.3 Å². The molecular weight excluding hydrogens is 545 g/mol. The lowest BCUT2D eigenvalue weighted by atomic mass is 10.1. The van der Waals surface area contributed by atoms with Crippen LogP contribution in [0.4, 0.5) is 44.3 Å². The second kappa shape index (κ2) is 13.2. The first-order chi connectivity index (χ1) is 17.4. The highest BCUT2D eigenvalue weighted by Gasteiger charge is 2.82. The van der Waals surface area contributed by atoms with Crippen LogP contribution in [0.25, 0.3) is 0 Å². The van der Waals surface area contributed by atoms with Gasteiger partial charge in [-0.05, 0) is 37.5 Å². The van der Waals surface area contributed by atoms with E-state index in [1.54, 1.807) is 19.1 Å². The molecule has 1 amide bonds. The molecule has 0 fully saturated rings. The summed E-state index contributed by atoms with van der Waals surface area (Å²) in [6, 6.07) is 6.09. The number of alkyl halides is 9. The Labute approximate surface area is 211 Å². The molecule has 0 radical (unpaired) electrons. The summed E-state index contributed by atoms with van der Waals surface area (Å²) < 4.78 is 130. The molecule has 1 N–H and O–H groups in total. The summed E-state index contributed by atoms with van der Waals surface area (Å²) in [6.07, 6.45) is -14.5. The first-order valence-corrected chi connectivity index (χ1v) is 11.1. The van der Waals surface area contributed by atoms with Gasteiger partial charge in [-0.25, -0.2) is 4.79 Å². The summed E-state index contributed by atoms with van der Waals surface area (Å²) in [7, 11) is 0. The van der Waals surface area contributed by atoms with Crippen LogP contribution in [0.5, 0.6) is 5.75 Å². The first kappa shape index (κ1) is 33.1. The fourth-order valence-electron chi connectivity index (χ4n) is 2.64. The average Bonchev–Trinajstić information content (AvgIpc) is 2.81. The van der Waals surface area contributed by atoms with Crippen LogP contribution in [-0.2, 0) is 20.7 Å². The second-order valence-electron chi connectivity index (χ2n) is 7.99. The molecule has 7 nitrogen and oxygen atoms in total. The van der Waals surface area contributed by atoms with Gasteiger partial charge < -0.3 is 24.2 Å². The number of rotatable bonds is 15. The van der Waals surface area contributed by atoms with Crippen LogP contribution in [0.15, 0.2) is 24.3 Å². The van der Waals surface area contributed by atoms with E-state index in [-0.39, 0.29) is 25.2 Å². The minimum Gasteiger partial charge on any atom is -0.492 e. The van der Waals surface area contributed by atoms with E-state index >= 15 is 0 Å². The summed E-state index contributed by atoms with van der Waals surface area (Å²) >= 11 is 0. The molecule has 38 heavy (non-hydrogen) atoms. The lowest BCUT2D eigenvalue weighted by Crippen LogP contribution is -2.62. The fourth-order valence-corrected chi connectivity index (χ4v) is 2.64. The normalized spacial score (nSPS) is 13.7.